The summed E-state index contributed by atoms with van der Waals surface area (Å²) in [6.45, 7) is 1.75. The smallest absolute Gasteiger partial charge is 0.270 e. The molecule has 160 valence electrons. The molecule has 1 aromatic carbocycles. The molecule has 1 fully saturated rings. The van der Waals surface area contributed by atoms with Gasteiger partial charge >= 0.3 is 0 Å². The van der Waals surface area contributed by atoms with Crippen molar-refractivity contribution in [1.82, 2.24) is 19.8 Å². The van der Waals surface area contributed by atoms with Crippen LogP contribution in [0.25, 0.3) is 5.69 Å². The van der Waals surface area contributed by atoms with Crippen LogP contribution in [0.3, 0.4) is 0 Å². The van der Waals surface area contributed by atoms with E-state index in [2.05, 4.69) is 10.3 Å². The fourth-order valence-electron chi connectivity index (χ4n) is 3.91. The van der Waals surface area contributed by atoms with E-state index >= 15 is 0 Å². The number of amides is 2. The standard InChI is InChI=1S/C24H25ClN4O2/c25-20-7-5-18(6-8-20)9-13-27-23(30)19-10-15-28(16-11-19)24(31)22-4-2-14-29(22)21-3-1-12-26-17-21/h1-8,12,14,17,19H,9-11,13,15-16H2,(H,27,30). The average Bonchev–Trinajstić information content (AvgIpc) is 3.30. The molecule has 1 aliphatic heterocycles. The molecule has 6 nitrogen and oxygen atoms in total. The lowest BCUT2D eigenvalue weighted by Gasteiger charge is -2.31. The molecule has 31 heavy (non-hydrogen) atoms. The van der Waals surface area contributed by atoms with E-state index in [1.807, 2.05) is 64.2 Å². The van der Waals surface area contributed by atoms with E-state index in [-0.39, 0.29) is 17.7 Å². The second-order valence-corrected chi connectivity index (χ2v) is 8.15. The number of hydrogen-bond donors (Lipinski definition) is 1. The largest absolute Gasteiger partial charge is 0.356 e. The molecule has 1 aliphatic rings. The van der Waals surface area contributed by atoms with Gasteiger partial charge in [-0.15, -0.1) is 0 Å². The Morgan fingerprint density at radius 2 is 1.84 bits per heavy atom. The Morgan fingerprint density at radius 3 is 2.55 bits per heavy atom. The molecule has 2 amide bonds. The van der Waals surface area contributed by atoms with Gasteiger partial charge in [-0.2, -0.15) is 0 Å². The molecule has 0 saturated carbocycles. The van der Waals surface area contributed by atoms with Gasteiger partial charge in [0.15, 0.2) is 0 Å². The normalized spacial score (nSPS) is 14.4. The van der Waals surface area contributed by atoms with E-state index in [9.17, 15) is 9.59 Å². The highest BCUT2D eigenvalue weighted by atomic mass is 35.5. The van der Waals surface area contributed by atoms with Gasteiger partial charge < -0.3 is 14.8 Å². The number of likely N-dealkylation sites (tertiary alicyclic amines) is 1. The van der Waals surface area contributed by atoms with Crippen molar-refractivity contribution >= 4 is 23.4 Å². The van der Waals surface area contributed by atoms with Crippen molar-refractivity contribution < 1.29 is 9.59 Å². The van der Waals surface area contributed by atoms with Crippen LogP contribution in [0.15, 0.2) is 67.1 Å². The van der Waals surface area contributed by atoms with Gasteiger partial charge in [-0.05, 0) is 61.2 Å². The van der Waals surface area contributed by atoms with Crippen molar-refractivity contribution in [3.63, 3.8) is 0 Å². The van der Waals surface area contributed by atoms with Crippen molar-refractivity contribution in [2.24, 2.45) is 5.92 Å². The van der Waals surface area contributed by atoms with Crippen LogP contribution in [0.1, 0.15) is 28.9 Å². The number of nitrogens with one attached hydrogen (secondary N) is 1. The summed E-state index contributed by atoms with van der Waals surface area (Å²) < 4.78 is 1.85. The summed E-state index contributed by atoms with van der Waals surface area (Å²) in [5.74, 6) is -0.00498. The lowest BCUT2D eigenvalue weighted by Crippen LogP contribution is -2.43. The summed E-state index contributed by atoms with van der Waals surface area (Å²) in [5.41, 5.74) is 2.60. The Bertz CT molecular complexity index is 1030. The molecule has 3 heterocycles. The molecule has 2 aromatic heterocycles. The fraction of sp³-hybridized carbons (Fsp3) is 0.292. The minimum absolute atomic E-state index is 0.0181. The molecule has 7 heteroatoms. The molecular weight excluding hydrogens is 412 g/mol. The zero-order valence-corrected chi connectivity index (χ0v) is 18.0. The Morgan fingerprint density at radius 1 is 1.06 bits per heavy atom. The van der Waals surface area contributed by atoms with Crippen LogP contribution in [0.2, 0.25) is 5.02 Å². The van der Waals surface area contributed by atoms with Crippen LogP contribution in [0.5, 0.6) is 0 Å². The number of halogens is 1. The molecule has 0 aliphatic carbocycles. The second-order valence-electron chi connectivity index (χ2n) is 7.71. The summed E-state index contributed by atoms with van der Waals surface area (Å²) in [4.78, 5) is 31.6. The second kappa shape index (κ2) is 9.79. The number of hydrogen-bond acceptors (Lipinski definition) is 3. The number of rotatable bonds is 6. The summed E-state index contributed by atoms with van der Waals surface area (Å²) in [6.07, 6.45) is 7.42. The predicted molar refractivity (Wildman–Crippen MR) is 120 cm³/mol. The minimum Gasteiger partial charge on any atom is -0.356 e. The van der Waals surface area contributed by atoms with Crippen molar-refractivity contribution in [3.8, 4) is 5.69 Å². The van der Waals surface area contributed by atoms with Crippen LogP contribution < -0.4 is 5.32 Å². The summed E-state index contributed by atoms with van der Waals surface area (Å²) in [5, 5.41) is 3.74. The molecule has 0 unspecified atom stereocenters. The monoisotopic (exact) mass is 436 g/mol. The molecule has 0 bridgehead atoms. The Labute approximate surface area is 186 Å². The maximum Gasteiger partial charge on any atom is 0.270 e. The third kappa shape index (κ3) is 5.14. The van der Waals surface area contributed by atoms with Crippen LogP contribution in [0.4, 0.5) is 0 Å². The molecule has 1 N–H and O–H groups in total. The van der Waals surface area contributed by atoms with Gasteiger partial charge in [0.05, 0.1) is 11.9 Å². The number of carbonyl (C=O) groups excluding carboxylic acids is 2. The van der Waals surface area contributed by atoms with Crippen molar-refractivity contribution in [2.45, 2.75) is 19.3 Å². The van der Waals surface area contributed by atoms with Crippen molar-refractivity contribution in [2.75, 3.05) is 19.6 Å². The van der Waals surface area contributed by atoms with E-state index in [4.69, 9.17) is 11.6 Å². The first-order valence-electron chi connectivity index (χ1n) is 10.5. The highest BCUT2D eigenvalue weighted by molar-refractivity contribution is 6.30. The molecule has 0 atom stereocenters. The highest BCUT2D eigenvalue weighted by Gasteiger charge is 2.28. The maximum atomic E-state index is 13.1. The van der Waals surface area contributed by atoms with Crippen LogP contribution in [-0.4, -0.2) is 45.9 Å². The lowest BCUT2D eigenvalue weighted by molar-refractivity contribution is -0.126. The Kier molecular flexibility index (Phi) is 6.67. The van der Waals surface area contributed by atoms with E-state index in [1.54, 1.807) is 12.4 Å². The van der Waals surface area contributed by atoms with Crippen LogP contribution >= 0.6 is 11.6 Å². The first-order valence-corrected chi connectivity index (χ1v) is 10.9. The number of benzene rings is 1. The third-order valence-corrected chi connectivity index (χ3v) is 5.92. The van der Waals surface area contributed by atoms with Gasteiger partial charge in [0.25, 0.3) is 5.91 Å². The molecule has 0 spiro atoms. The highest BCUT2D eigenvalue weighted by Crippen LogP contribution is 2.21. The summed E-state index contributed by atoms with van der Waals surface area (Å²) in [7, 11) is 0. The molecule has 0 radical (unpaired) electrons. The number of aromatic nitrogens is 2. The first kappa shape index (κ1) is 21.1. The van der Waals surface area contributed by atoms with Gasteiger partial charge in [-0.1, -0.05) is 23.7 Å². The minimum atomic E-state index is -0.0561. The zero-order chi connectivity index (χ0) is 21.6. The Hall–Kier alpha value is -3.12. The number of carbonyl (C=O) groups is 2. The maximum absolute atomic E-state index is 13.1. The molecular formula is C24H25ClN4O2. The van der Waals surface area contributed by atoms with E-state index in [0.29, 0.717) is 43.2 Å². The van der Waals surface area contributed by atoms with Crippen LogP contribution in [0, 0.1) is 5.92 Å². The zero-order valence-electron chi connectivity index (χ0n) is 17.2. The summed E-state index contributed by atoms with van der Waals surface area (Å²) in [6, 6.07) is 15.1. The van der Waals surface area contributed by atoms with Gasteiger partial charge in [-0.3, -0.25) is 14.6 Å². The van der Waals surface area contributed by atoms with Gasteiger partial charge in [0.2, 0.25) is 5.91 Å². The number of nitrogens with zero attached hydrogens (tertiary/aromatic N) is 3. The molecule has 1 saturated heterocycles. The first-order chi connectivity index (χ1) is 15.1. The SMILES string of the molecule is O=C(NCCc1ccc(Cl)cc1)C1CCN(C(=O)c2cccn2-c2cccnc2)CC1. The average molecular weight is 437 g/mol. The Balaban J connectivity index is 1.28. The van der Waals surface area contributed by atoms with E-state index in [1.165, 1.54) is 0 Å². The van der Waals surface area contributed by atoms with Crippen LogP contribution in [-0.2, 0) is 11.2 Å². The predicted octanol–water partition coefficient (Wildman–Crippen LogP) is 3.74. The lowest BCUT2D eigenvalue weighted by atomic mass is 9.95. The summed E-state index contributed by atoms with van der Waals surface area (Å²) >= 11 is 5.90. The quantitative estimate of drug-likeness (QED) is 0.640. The van der Waals surface area contributed by atoms with Crippen molar-refractivity contribution in [3.05, 3.63) is 83.4 Å². The number of piperidine rings is 1. The van der Waals surface area contributed by atoms with Gasteiger partial charge in [0.1, 0.15) is 5.69 Å². The van der Waals surface area contributed by atoms with E-state index in [0.717, 1.165) is 17.7 Å². The van der Waals surface area contributed by atoms with Crippen molar-refractivity contribution in [1.29, 1.82) is 0 Å². The van der Waals surface area contributed by atoms with Gasteiger partial charge in [-0.25, -0.2) is 0 Å². The number of pyridine rings is 1. The molecule has 3 aromatic rings. The van der Waals surface area contributed by atoms with Gasteiger partial charge in [0, 0.05) is 43.0 Å². The molecule has 4 rings (SSSR count). The topological polar surface area (TPSA) is 67.2 Å². The van der Waals surface area contributed by atoms with E-state index < -0.39 is 0 Å². The third-order valence-electron chi connectivity index (χ3n) is 5.67. The fourth-order valence-corrected chi connectivity index (χ4v) is 4.03.